The van der Waals surface area contributed by atoms with Gasteiger partial charge in [-0.15, -0.1) is 0 Å². The molecule has 1 saturated carbocycles. The summed E-state index contributed by atoms with van der Waals surface area (Å²) < 4.78 is 32.1. The Balaban J connectivity index is 2.09. The molecule has 1 fully saturated rings. The Bertz CT molecular complexity index is 509. The molecular weight excluding hydrogens is 432 g/mol. The SMILES string of the molecule is CCCCCCCCC(NCCCCCCCCCC1CCC(F)(F)CC1)C(=O)OC(C)(C)C. The molecule has 3 nitrogen and oxygen atoms in total. The van der Waals surface area contributed by atoms with Gasteiger partial charge in [0.05, 0.1) is 0 Å². The second-order valence-electron chi connectivity index (χ2n) is 11.7. The lowest BCUT2D eigenvalue weighted by Gasteiger charge is -2.28. The van der Waals surface area contributed by atoms with E-state index in [2.05, 4.69) is 12.2 Å². The van der Waals surface area contributed by atoms with Crippen molar-refractivity contribution in [3.8, 4) is 0 Å². The first-order valence-corrected chi connectivity index (χ1v) is 14.5. The van der Waals surface area contributed by atoms with Gasteiger partial charge in [-0.2, -0.15) is 0 Å². The van der Waals surface area contributed by atoms with Crippen LogP contribution < -0.4 is 5.32 Å². The molecular formula is C29H55F2NO2. The first-order chi connectivity index (χ1) is 16.1. The van der Waals surface area contributed by atoms with E-state index in [1.807, 2.05) is 20.8 Å². The summed E-state index contributed by atoms with van der Waals surface area (Å²) in [6.07, 6.45) is 19.4. The molecule has 1 N–H and O–H groups in total. The highest BCUT2D eigenvalue weighted by molar-refractivity contribution is 5.76. The van der Waals surface area contributed by atoms with Crippen LogP contribution in [0.5, 0.6) is 0 Å². The van der Waals surface area contributed by atoms with Gasteiger partial charge in [-0.25, -0.2) is 8.78 Å². The predicted molar refractivity (Wildman–Crippen MR) is 139 cm³/mol. The van der Waals surface area contributed by atoms with E-state index in [-0.39, 0.29) is 24.9 Å². The van der Waals surface area contributed by atoms with Gasteiger partial charge in [-0.3, -0.25) is 4.79 Å². The number of hydrogen-bond acceptors (Lipinski definition) is 3. The first kappa shape index (κ1) is 31.3. The fourth-order valence-electron chi connectivity index (χ4n) is 4.91. The van der Waals surface area contributed by atoms with Crippen LogP contribution >= 0.6 is 0 Å². The second-order valence-corrected chi connectivity index (χ2v) is 11.7. The maximum Gasteiger partial charge on any atom is 0.323 e. The highest BCUT2D eigenvalue weighted by atomic mass is 19.3. The van der Waals surface area contributed by atoms with E-state index in [4.69, 9.17) is 4.74 Å². The van der Waals surface area contributed by atoms with E-state index in [0.29, 0.717) is 18.8 Å². The number of esters is 1. The number of halogens is 2. The van der Waals surface area contributed by atoms with Gasteiger partial charge < -0.3 is 10.1 Å². The molecule has 0 bridgehead atoms. The molecule has 0 saturated heterocycles. The van der Waals surface area contributed by atoms with E-state index in [1.54, 1.807) is 0 Å². The fourth-order valence-corrected chi connectivity index (χ4v) is 4.91. The van der Waals surface area contributed by atoms with Crippen LogP contribution in [0.25, 0.3) is 0 Å². The summed E-state index contributed by atoms with van der Waals surface area (Å²) in [7, 11) is 0. The average molecular weight is 488 g/mol. The summed E-state index contributed by atoms with van der Waals surface area (Å²) in [4.78, 5) is 12.6. The van der Waals surface area contributed by atoms with Crippen molar-refractivity contribution in [2.24, 2.45) is 5.92 Å². The lowest BCUT2D eigenvalue weighted by Crippen LogP contribution is -2.41. The number of hydrogen-bond donors (Lipinski definition) is 1. The number of ether oxygens (including phenoxy) is 1. The van der Waals surface area contributed by atoms with Crippen molar-refractivity contribution < 1.29 is 18.3 Å². The quantitative estimate of drug-likeness (QED) is 0.146. The zero-order chi connectivity index (χ0) is 25.3. The zero-order valence-electron chi connectivity index (χ0n) is 22.9. The van der Waals surface area contributed by atoms with Crippen LogP contribution in [-0.2, 0) is 9.53 Å². The monoisotopic (exact) mass is 487 g/mol. The summed E-state index contributed by atoms with van der Waals surface area (Å²) in [5.74, 6) is -1.98. The zero-order valence-corrected chi connectivity index (χ0v) is 22.9. The van der Waals surface area contributed by atoms with Gasteiger partial charge in [0.25, 0.3) is 0 Å². The summed E-state index contributed by atoms with van der Waals surface area (Å²) in [5, 5.41) is 3.47. The topological polar surface area (TPSA) is 38.3 Å². The Labute approximate surface area is 209 Å². The maximum absolute atomic E-state index is 13.2. The second kappa shape index (κ2) is 17.7. The number of nitrogens with one attached hydrogen (secondary N) is 1. The third-order valence-corrected chi connectivity index (χ3v) is 7.05. The van der Waals surface area contributed by atoms with E-state index >= 15 is 0 Å². The van der Waals surface area contributed by atoms with Crippen LogP contribution in [0.3, 0.4) is 0 Å². The Morgan fingerprint density at radius 3 is 2.00 bits per heavy atom. The van der Waals surface area contributed by atoms with Crippen molar-refractivity contribution in [1.29, 1.82) is 0 Å². The van der Waals surface area contributed by atoms with Crippen molar-refractivity contribution in [3.05, 3.63) is 0 Å². The molecule has 0 radical (unpaired) electrons. The minimum atomic E-state index is -2.40. The van der Waals surface area contributed by atoms with Gasteiger partial charge >= 0.3 is 5.97 Å². The minimum Gasteiger partial charge on any atom is -0.459 e. The highest BCUT2D eigenvalue weighted by Crippen LogP contribution is 2.38. The standard InChI is InChI=1S/C29H55F2NO2/c1-5-6-7-8-13-16-19-26(27(33)34-28(2,3)4)32-24-17-14-11-9-10-12-15-18-25-20-22-29(30,31)23-21-25/h25-26,32H,5-24H2,1-4H3. The van der Waals surface area contributed by atoms with Gasteiger partial charge in [0.1, 0.15) is 11.6 Å². The molecule has 34 heavy (non-hydrogen) atoms. The predicted octanol–water partition coefficient (Wildman–Crippen LogP) is 8.98. The van der Waals surface area contributed by atoms with Gasteiger partial charge in [-0.05, 0) is 58.9 Å². The molecule has 0 aliphatic heterocycles. The number of rotatable bonds is 19. The molecule has 1 aliphatic carbocycles. The average Bonchev–Trinajstić information content (AvgIpc) is 2.75. The van der Waals surface area contributed by atoms with E-state index < -0.39 is 11.5 Å². The summed E-state index contributed by atoms with van der Waals surface area (Å²) in [6, 6.07) is -0.190. The highest BCUT2D eigenvalue weighted by Gasteiger charge is 2.34. The van der Waals surface area contributed by atoms with Gasteiger partial charge in [0.2, 0.25) is 5.92 Å². The van der Waals surface area contributed by atoms with E-state index in [0.717, 1.165) is 32.2 Å². The fraction of sp³-hybridized carbons (Fsp3) is 0.966. The Morgan fingerprint density at radius 2 is 1.41 bits per heavy atom. The number of unbranched alkanes of at least 4 members (excludes halogenated alkanes) is 11. The van der Waals surface area contributed by atoms with Crippen LogP contribution in [0.2, 0.25) is 0 Å². The molecule has 0 aromatic carbocycles. The summed E-state index contributed by atoms with van der Waals surface area (Å²) in [6.45, 7) is 8.89. The summed E-state index contributed by atoms with van der Waals surface area (Å²) in [5.41, 5.74) is -0.444. The van der Waals surface area contributed by atoms with Gasteiger partial charge in [0, 0.05) is 12.8 Å². The third-order valence-electron chi connectivity index (χ3n) is 7.05. The third kappa shape index (κ3) is 16.8. The van der Waals surface area contributed by atoms with Crippen molar-refractivity contribution in [3.63, 3.8) is 0 Å². The molecule has 1 unspecified atom stereocenters. The number of carbonyl (C=O) groups is 1. The lowest BCUT2D eigenvalue weighted by atomic mass is 9.83. The molecule has 0 spiro atoms. The van der Waals surface area contributed by atoms with Crippen molar-refractivity contribution in [1.82, 2.24) is 5.32 Å². The minimum absolute atomic E-state index is 0.0967. The molecule has 0 amide bonds. The van der Waals surface area contributed by atoms with Gasteiger partial charge in [-0.1, -0.05) is 90.4 Å². The van der Waals surface area contributed by atoms with Crippen LogP contribution in [0, 0.1) is 5.92 Å². The molecule has 0 heterocycles. The van der Waals surface area contributed by atoms with Crippen LogP contribution in [-0.4, -0.2) is 30.1 Å². The first-order valence-electron chi connectivity index (χ1n) is 14.5. The molecule has 5 heteroatoms. The van der Waals surface area contributed by atoms with Crippen molar-refractivity contribution in [2.75, 3.05) is 6.54 Å². The number of carbonyl (C=O) groups excluding carboxylic acids is 1. The lowest BCUT2D eigenvalue weighted by molar-refractivity contribution is -0.157. The molecule has 0 aromatic rings. The van der Waals surface area contributed by atoms with Gasteiger partial charge in [0.15, 0.2) is 0 Å². The Hall–Kier alpha value is -0.710. The van der Waals surface area contributed by atoms with E-state index in [1.165, 1.54) is 70.6 Å². The van der Waals surface area contributed by atoms with Crippen LogP contribution in [0.15, 0.2) is 0 Å². The molecule has 1 rings (SSSR count). The van der Waals surface area contributed by atoms with Crippen molar-refractivity contribution >= 4 is 5.97 Å². The maximum atomic E-state index is 13.2. The number of alkyl halides is 2. The Morgan fingerprint density at radius 1 is 0.882 bits per heavy atom. The Kier molecular flexibility index (Phi) is 16.3. The van der Waals surface area contributed by atoms with E-state index in [9.17, 15) is 13.6 Å². The van der Waals surface area contributed by atoms with Crippen LogP contribution in [0.4, 0.5) is 8.78 Å². The van der Waals surface area contributed by atoms with Crippen molar-refractivity contribution in [2.45, 2.75) is 167 Å². The van der Waals surface area contributed by atoms with Crippen LogP contribution in [0.1, 0.15) is 150 Å². The largest absolute Gasteiger partial charge is 0.459 e. The summed E-state index contributed by atoms with van der Waals surface area (Å²) >= 11 is 0. The molecule has 202 valence electrons. The normalized spacial score (nSPS) is 17.6. The smallest absolute Gasteiger partial charge is 0.323 e. The molecule has 0 aromatic heterocycles. The molecule has 1 aliphatic rings. The molecule has 1 atom stereocenters.